The molecular weight excluding hydrogens is 228 g/mol. The van der Waals surface area contributed by atoms with Crippen molar-refractivity contribution >= 4 is 11.5 Å². The highest BCUT2D eigenvalue weighted by atomic mass is 15.6. The van der Waals surface area contributed by atoms with Gasteiger partial charge in [0.2, 0.25) is 0 Å². The maximum absolute atomic E-state index is 4.27. The van der Waals surface area contributed by atoms with Crippen LogP contribution in [0.4, 0.5) is 5.82 Å². The molecule has 0 unspecified atom stereocenters. The summed E-state index contributed by atoms with van der Waals surface area (Å²) in [7, 11) is 0. The summed E-state index contributed by atoms with van der Waals surface area (Å²) in [6.45, 7) is 2.08. The Kier molecular flexibility index (Phi) is 2.60. The molecule has 1 aromatic carbocycles. The van der Waals surface area contributed by atoms with Crippen LogP contribution in [0, 0.1) is 0 Å². The lowest BCUT2D eigenvalue weighted by atomic mass is 10.1. The number of rotatable bonds is 3. The van der Waals surface area contributed by atoms with Gasteiger partial charge in [-0.3, -0.25) is 0 Å². The first-order valence-corrected chi connectivity index (χ1v) is 5.70. The van der Waals surface area contributed by atoms with Crippen molar-refractivity contribution in [2.75, 3.05) is 5.32 Å². The van der Waals surface area contributed by atoms with Gasteiger partial charge in [0.05, 0.1) is 0 Å². The van der Waals surface area contributed by atoms with E-state index in [-0.39, 0.29) is 6.04 Å². The number of hydrogen-bond donors (Lipinski definition) is 1. The molecule has 0 saturated carbocycles. The Labute approximate surface area is 104 Å². The Balaban J connectivity index is 1.83. The van der Waals surface area contributed by atoms with E-state index < -0.39 is 0 Å². The van der Waals surface area contributed by atoms with Gasteiger partial charge < -0.3 is 5.32 Å². The second kappa shape index (κ2) is 4.40. The van der Waals surface area contributed by atoms with Gasteiger partial charge in [-0.1, -0.05) is 30.3 Å². The number of aromatic nitrogens is 5. The monoisotopic (exact) mass is 240 g/mol. The first-order valence-electron chi connectivity index (χ1n) is 5.70. The number of benzene rings is 1. The third-order valence-electron chi connectivity index (χ3n) is 2.73. The van der Waals surface area contributed by atoms with Gasteiger partial charge in [0.25, 0.3) is 0 Å². The standard InChI is InChI=1S/C12H12N6/c1-9(10-5-3-2-4-6-10)13-11-7-8-12-14-16-17-18(12)15-11/h2-9H,1H3,(H,13,15)/t9-/m1/s1. The average molecular weight is 240 g/mol. The van der Waals surface area contributed by atoms with Gasteiger partial charge in [-0.05, 0) is 35.0 Å². The molecule has 18 heavy (non-hydrogen) atoms. The fourth-order valence-electron chi connectivity index (χ4n) is 1.77. The van der Waals surface area contributed by atoms with E-state index in [1.165, 1.54) is 10.2 Å². The van der Waals surface area contributed by atoms with Crippen LogP contribution in [0.5, 0.6) is 0 Å². The van der Waals surface area contributed by atoms with Gasteiger partial charge in [0.15, 0.2) is 5.65 Å². The van der Waals surface area contributed by atoms with Crippen LogP contribution >= 0.6 is 0 Å². The summed E-state index contributed by atoms with van der Waals surface area (Å²) in [6, 6.07) is 14.1. The molecular formula is C12H12N6. The van der Waals surface area contributed by atoms with E-state index in [1.807, 2.05) is 30.3 Å². The van der Waals surface area contributed by atoms with Crippen molar-refractivity contribution in [3.63, 3.8) is 0 Å². The van der Waals surface area contributed by atoms with E-state index in [1.54, 1.807) is 0 Å². The summed E-state index contributed by atoms with van der Waals surface area (Å²) in [5.41, 5.74) is 1.84. The molecule has 0 aliphatic rings. The number of anilines is 1. The lowest BCUT2D eigenvalue weighted by Crippen LogP contribution is -2.09. The molecule has 0 fully saturated rings. The van der Waals surface area contributed by atoms with E-state index in [9.17, 15) is 0 Å². The first-order chi connectivity index (χ1) is 8.83. The molecule has 6 nitrogen and oxygen atoms in total. The van der Waals surface area contributed by atoms with Gasteiger partial charge in [0, 0.05) is 6.04 Å². The van der Waals surface area contributed by atoms with E-state index in [0.29, 0.717) is 5.65 Å². The molecule has 90 valence electrons. The number of fused-ring (bicyclic) bond motifs is 1. The molecule has 0 radical (unpaired) electrons. The van der Waals surface area contributed by atoms with Gasteiger partial charge in [-0.2, -0.15) is 0 Å². The third kappa shape index (κ3) is 2.00. The van der Waals surface area contributed by atoms with E-state index in [0.717, 1.165) is 5.82 Å². The normalized spacial score (nSPS) is 12.5. The molecule has 2 aromatic heterocycles. The fraction of sp³-hybridized carbons (Fsp3) is 0.167. The predicted octanol–water partition coefficient (Wildman–Crippen LogP) is 1.69. The minimum Gasteiger partial charge on any atom is -0.362 e. The summed E-state index contributed by atoms with van der Waals surface area (Å²) in [5.74, 6) is 0.742. The highest BCUT2D eigenvalue weighted by Gasteiger charge is 2.06. The maximum Gasteiger partial charge on any atom is 0.200 e. The highest BCUT2D eigenvalue weighted by Crippen LogP contribution is 2.16. The number of tetrazole rings is 1. The Morgan fingerprint density at radius 2 is 1.94 bits per heavy atom. The van der Waals surface area contributed by atoms with Crippen LogP contribution in [-0.4, -0.2) is 25.3 Å². The minimum atomic E-state index is 0.174. The van der Waals surface area contributed by atoms with Gasteiger partial charge >= 0.3 is 0 Å². The van der Waals surface area contributed by atoms with Crippen molar-refractivity contribution in [3.8, 4) is 0 Å². The number of nitrogens with zero attached hydrogens (tertiary/aromatic N) is 5. The Bertz CT molecular complexity index is 648. The van der Waals surface area contributed by atoms with E-state index in [2.05, 4.69) is 45.0 Å². The molecule has 0 aliphatic carbocycles. The molecule has 6 heteroatoms. The summed E-state index contributed by atoms with van der Waals surface area (Å²) in [4.78, 5) is 0. The van der Waals surface area contributed by atoms with Crippen LogP contribution in [0.15, 0.2) is 42.5 Å². The number of nitrogens with one attached hydrogen (secondary N) is 1. The van der Waals surface area contributed by atoms with Crippen molar-refractivity contribution in [1.29, 1.82) is 0 Å². The van der Waals surface area contributed by atoms with Crippen molar-refractivity contribution in [2.24, 2.45) is 0 Å². The van der Waals surface area contributed by atoms with Gasteiger partial charge in [0.1, 0.15) is 5.82 Å². The van der Waals surface area contributed by atoms with Crippen molar-refractivity contribution in [2.45, 2.75) is 13.0 Å². The predicted molar refractivity (Wildman–Crippen MR) is 67.1 cm³/mol. The van der Waals surface area contributed by atoms with Crippen molar-refractivity contribution in [1.82, 2.24) is 25.3 Å². The summed E-state index contributed by atoms with van der Waals surface area (Å²) >= 11 is 0. The zero-order valence-electron chi connectivity index (χ0n) is 9.85. The van der Waals surface area contributed by atoms with Crippen molar-refractivity contribution < 1.29 is 0 Å². The molecule has 1 atom stereocenters. The lowest BCUT2D eigenvalue weighted by molar-refractivity contribution is 0.728. The topological polar surface area (TPSA) is 68.0 Å². The molecule has 1 N–H and O–H groups in total. The SMILES string of the molecule is C[C@@H](Nc1ccc2nnnn2n1)c1ccccc1. The number of hydrogen-bond acceptors (Lipinski definition) is 5. The van der Waals surface area contributed by atoms with Crippen LogP contribution in [-0.2, 0) is 0 Å². The summed E-state index contributed by atoms with van der Waals surface area (Å²) < 4.78 is 1.40. The zero-order valence-corrected chi connectivity index (χ0v) is 9.85. The van der Waals surface area contributed by atoms with Crippen LogP contribution in [0.3, 0.4) is 0 Å². The molecule has 3 aromatic rings. The maximum atomic E-state index is 4.27. The first kappa shape index (κ1) is 10.6. The smallest absolute Gasteiger partial charge is 0.200 e. The Morgan fingerprint density at radius 1 is 1.11 bits per heavy atom. The second-order valence-electron chi connectivity index (χ2n) is 4.02. The Hall–Kier alpha value is -2.50. The highest BCUT2D eigenvalue weighted by molar-refractivity contribution is 5.43. The quantitative estimate of drug-likeness (QED) is 0.754. The minimum absolute atomic E-state index is 0.174. The fourth-order valence-corrected chi connectivity index (χ4v) is 1.77. The second-order valence-corrected chi connectivity index (χ2v) is 4.02. The van der Waals surface area contributed by atoms with Crippen molar-refractivity contribution in [3.05, 3.63) is 48.0 Å². The molecule has 0 spiro atoms. The van der Waals surface area contributed by atoms with Crippen LogP contribution in [0.2, 0.25) is 0 Å². The van der Waals surface area contributed by atoms with Crippen LogP contribution in [0.1, 0.15) is 18.5 Å². The van der Waals surface area contributed by atoms with E-state index in [4.69, 9.17) is 0 Å². The van der Waals surface area contributed by atoms with Gasteiger partial charge in [-0.15, -0.1) is 14.8 Å². The van der Waals surface area contributed by atoms with Crippen LogP contribution in [0.25, 0.3) is 5.65 Å². The molecule has 2 heterocycles. The molecule has 0 saturated heterocycles. The lowest BCUT2D eigenvalue weighted by Gasteiger charge is -2.14. The largest absolute Gasteiger partial charge is 0.362 e. The zero-order chi connectivity index (χ0) is 12.4. The average Bonchev–Trinajstić information content (AvgIpc) is 2.87. The summed E-state index contributed by atoms with van der Waals surface area (Å²) in [5, 5.41) is 18.7. The van der Waals surface area contributed by atoms with Gasteiger partial charge in [-0.25, -0.2) is 0 Å². The molecule has 0 aliphatic heterocycles. The Morgan fingerprint density at radius 3 is 2.78 bits per heavy atom. The molecule has 0 bridgehead atoms. The molecule has 0 amide bonds. The van der Waals surface area contributed by atoms with Crippen LogP contribution < -0.4 is 5.32 Å². The van der Waals surface area contributed by atoms with E-state index >= 15 is 0 Å². The third-order valence-corrected chi connectivity index (χ3v) is 2.73. The molecule has 3 rings (SSSR count). The summed E-state index contributed by atoms with van der Waals surface area (Å²) in [6.07, 6.45) is 0.